The number of hydrogen-bond acceptors (Lipinski definition) is 2. The first-order chi connectivity index (χ1) is 6.56. The van der Waals surface area contributed by atoms with Gasteiger partial charge in [0.15, 0.2) is 4.98 Å². The fourth-order valence-corrected chi connectivity index (χ4v) is 1.75. The molecule has 74 valence electrons. The van der Waals surface area contributed by atoms with Crippen LogP contribution in [0.25, 0.3) is 4.98 Å². The molecule has 14 heavy (non-hydrogen) atoms. The van der Waals surface area contributed by atoms with Crippen LogP contribution in [-0.2, 0) is 4.57 Å². The van der Waals surface area contributed by atoms with Gasteiger partial charge in [-0.15, -0.1) is 0 Å². The zero-order valence-electron chi connectivity index (χ0n) is 7.73. The molecular formula is C8H9BrN2O2P+. The van der Waals surface area contributed by atoms with Gasteiger partial charge < -0.3 is 4.89 Å². The van der Waals surface area contributed by atoms with Gasteiger partial charge in [-0.2, -0.15) is 0 Å². The summed E-state index contributed by atoms with van der Waals surface area (Å²) >= 11 is 3.35. The number of benzene rings is 1. The summed E-state index contributed by atoms with van der Waals surface area (Å²) in [5.74, 6) is 0. The SMILES string of the molecule is Cc1cc(Br)cc(C)c1[N+]#N.O=PO. The average Bonchev–Trinajstić information content (AvgIpc) is 2.04. The standard InChI is InChI=1S/C8H8BrN2.HO2P/c1-5-3-7(9)4-6(2)8(5)11-10;1-3-2/h3-4H,1-2H3;(H,1,2)/q+1;. The molecule has 0 radical (unpaired) electrons. The predicted molar refractivity (Wildman–Crippen MR) is 58.2 cm³/mol. The molecule has 1 aromatic rings. The van der Waals surface area contributed by atoms with Crippen molar-refractivity contribution in [3.63, 3.8) is 0 Å². The first kappa shape index (κ1) is 13.2. The van der Waals surface area contributed by atoms with E-state index in [9.17, 15) is 0 Å². The fourth-order valence-electron chi connectivity index (χ4n) is 1.06. The van der Waals surface area contributed by atoms with Gasteiger partial charge in [0.05, 0.1) is 0 Å². The summed E-state index contributed by atoms with van der Waals surface area (Å²) in [6.07, 6.45) is 0. The zero-order valence-corrected chi connectivity index (χ0v) is 10.2. The maximum Gasteiger partial charge on any atom is 0.390 e. The van der Waals surface area contributed by atoms with Gasteiger partial charge in [0.1, 0.15) is 0 Å². The highest BCUT2D eigenvalue weighted by atomic mass is 79.9. The van der Waals surface area contributed by atoms with E-state index in [-0.39, 0.29) is 0 Å². The summed E-state index contributed by atoms with van der Waals surface area (Å²) in [6, 6.07) is 3.84. The largest absolute Gasteiger partial charge is 0.390 e. The first-order valence-electron chi connectivity index (χ1n) is 3.65. The molecule has 0 aliphatic carbocycles. The monoisotopic (exact) mass is 275 g/mol. The maximum atomic E-state index is 8.60. The third-order valence-corrected chi connectivity index (χ3v) is 2.01. The molecule has 1 N–H and O–H groups in total. The minimum Gasteiger partial charge on any atom is -0.310 e. The predicted octanol–water partition coefficient (Wildman–Crippen LogP) is 3.74. The van der Waals surface area contributed by atoms with Gasteiger partial charge in [0.2, 0.25) is 5.39 Å². The molecule has 0 aromatic heterocycles. The second-order valence-electron chi connectivity index (χ2n) is 2.57. The summed E-state index contributed by atoms with van der Waals surface area (Å²) in [6.45, 7) is 3.82. The summed E-state index contributed by atoms with van der Waals surface area (Å²) in [5.41, 5.74) is 2.60. The van der Waals surface area contributed by atoms with Crippen molar-refractivity contribution in [2.45, 2.75) is 13.8 Å². The molecular weight excluding hydrogens is 267 g/mol. The van der Waals surface area contributed by atoms with Crippen LogP contribution >= 0.6 is 24.6 Å². The van der Waals surface area contributed by atoms with Gasteiger partial charge in [0, 0.05) is 15.6 Å². The molecule has 0 heterocycles. The Bertz CT molecular complexity index is 353. The highest BCUT2D eigenvalue weighted by Gasteiger charge is 2.14. The van der Waals surface area contributed by atoms with E-state index in [4.69, 9.17) is 14.9 Å². The van der Waals surface area contributed by atoms with Crippen LogP contribution in [0.15, 0.2) is 16.6 Å². The van der Waals surface area contributed by atoms with E-state index >= 15 is 0 Å². The molecule has 0 saturated carbocycles. The molecule has 0 aliphatic rings. The molecule has 0 aliphatic heterocycles. The van der Waals surface area contributed by atoms with E-state index in [2.05, 4.69) is 20.9 Å². The maximum absolute atomic E-state index is 8.60. The van der Waals surface area contributed by atoms with Crippen molar-refractivity contribution in [1.29, 1.82) is 5.39 Å². The Morgan fingerprint density at radius 3 is 2.07 bits per heavy atom. The molecule has 1 aromatic carbocycles. The van der Waals surface area contributed by atoms with Crippen molar-refractivity contribution >= 4 is 30.3 Å². The first-order valence-corrected chi connectivity index (χ1v) is 5.21. The van der Waals surface area contributed by atoms with Crippen molar-refractivity contribution in [3.05, 3.63) is 32.7 Å². The van der Waals surface area contributed by atoms with Crippen LogP contribution in [0.1, 0.15) is 11.1 Å². The van der Waals surface area contributed by atoms with Crippen LogP contribution in [0.2, 0.25) is 0 Å². The average molecular weight is 276 g/mol. The number of nitrogens with zero attached hydrogens (tertiary/aromatic N) is 2. The van der Waals surface area contributed by atoms with Crippen molar-refractivity contribution in [2.24, 2.45) is 0 Å². The van der Waals surface area contributed by atoms with Crippen LogP contribution in [0, 0.1) is 19.2 Å². The molecule has 4 nitrogen and oxygen atoms in total. The third kappa shape index (κ3) is 3.93. The minimum atomic E-state index is -0.833. The van der Waals surface area contributed by atoms with Crippen LogP contribution in [-0.4, -0.2) is 4.89 Å². The Labute approximate surface area is 92.0 Å². The molecule has 6 heteroatoms. The number of halogens is 1. The Morgan fingerprint density at radius 1 is 1.43 bits per heavy atom. The third-order valence-electron chi connectivity index (χ3n) is 1.56. The number of diazo groups is 1. The highest BCUT2D eigenvalue weighted by Crippen LogP contribution is 2.27. The van der Waals surface area contributed by atoms with Crippen molar-refractivity contribution < 1.29 is 9.46 Å². The van der Waals surface area contributed by atoms with Gasteiger partial charge in [-0.3, -0.25) is 0 Å². The lowest BCUT2D eigenvalue weighted by atomic mass is 10.1. The normalized spacial score (nSPS) is 8.79. The summed E-state index contributed by atoms with van der Waals surface area (Å²) in [5, 5.41) is 8.60. The molecule has 0 amide bonds. The second kappa shape index (κ2) is 6.61. The quantitative estimate of drug-likeness (QED) is 0.579. The lowest BCUT2D eigenvalue weighted by Gasteiger charge is -1.93. The van der Waals surface area contributed by atoms with Crippen molar-refractivity contribution in [3.8, 4) is 0 Å². The fraction of sp³-hybridized carbons (Fsp3) is 0.250. The van der Waals surface area contributed by atoms with E-state index in [0.29, 0.717) is 5.69 Å². The summed E-state index contributed by atoms with van der Waals surface area (Å²) in [4.78, 5) is 10.2. The minimum absolute atomic E-state index is 0.660. The Morgan fingerprint density at radius 2 is 1.79 bits per heavy atom. The van der Waals surface area contributed by atoms with E-state index in [1.807, 2.05) is 26.0 Å². The van der Waals surface area contributed by atoms with Crippen LogP contribution in [0.5, 0.6) is 0 Å². The molecule has 0 saturated heterocycles. The second-order valence-corrected chi connectivity index (χ2v) is 3.65. The zero-order chi connectivity index (χ0) is 11.1. The number of rotatable bonds is 0. The summed E-state index contributed by atoms with van der Waals surface area (Å²) in [7, 11) is -0.833. The number of hydrogen-bond donors (Lipinski definition) is 1. The van der Waals surface area contributed by atoms with Crippen LogP contribution in [0.4, 0.5) is 5.69 Å². The van der Waals surface area contributed by atoms with E-state index in [0.717, 1.165) is 15.6 Å². The Kier molecular flexibility index (Phi) is 6.22. The number of aryl methyl sites for hydroxylation is 2. The molecule has 0 fully saturated rings. The molecule has 1 rings (SSSR count). The smallest absolute Gasteiger partial charge is 0.310 e. The highest BCUT2D eigenvalue weighted by molar-refractivity contribution is 9.10. The molecule has 0 atom stereocenters. The Hall–Kier alpha value is -0.820. The topological polar surface area (TPSA) is 65.5 Å². The van der Waals surface area contributed by atoms with Gasteiger partial charge >= 0.3 is 14.4 Å². The van der Waals surface area contributed by atoms with Gasteiger partial charge in [0.25, 0.3) is 0 Å². The summed E-state index contributed by atoms with van der Waals surface area (Å²) < 4.78 is 9.47. The van der Waals surface area contributed by atoms with Crippen molar-refractivity contribution in [1.82, 2.24) is 0 Å². The van der Waals surface area contributed by atoms with Crippen molar-refractivity contribution in [2.75, 3.05) is 0 Å². The van der Waals surface area contributed by atoms with E-state index in [1.165, 1.54) is 0 Å². The lowest BCUT2D eigenvalue weighted by molar-refractivity contribution is 0.524. The van der Waals surface area contributed by atoms with Gasteiger partial charge in [-0.05, 0) is 26.0 Å². The lowest BCUT2D eigenvalue weighted by Crippen LogP contribution is -1.78. The van der Waals surface area contributed by atoms with E-state index in [1.54, 1.807) is 0 Å². The van der Waals surface area contributed by atoms with E-state index < -0.39 is 8.69 Å². The van der Waals surface area contributed by atoms with Crippen LogP contribution < -0.4 is 0 Å². The van der Waals surface area contributed by atoms with Gasteiger partial charge in [-0.1, -0.05) is 15.9 Å². The van der Waals surface area contributed by atoms with Gasteiger partial charge in [-0.25, -0.2) is 4.57 Å². The molecule has 0 bridgehead atoms. The molecule has 0 unspecified atom stereocenters. The molecule has 0 spiro atoms. The van der Waals surface area contributed by atoms with Crippen LogP contribution in [0.3, 0.4) is 0 Å². The Balaban J connectivity index is 0.000000500.